The van der Waals surface area contributed by atoms with Gasteiger partial charge in [-0.15, -0.1) is 0 Å². The van der Waals surface area contributed by atoms with Crippen molar-refractivity contribution in [2.45, 2.75) is 0 Å². The van der Waals surface area contributed by atoms with Crippen LogP contribution in [0, 0.1) is 11.3 Å². The first-order chi connectivity index (χ1) is 12.7. The van der Waals surface area contributed by atoms with Crippen molar-refractivity contribution in [1.29, 1.82) is 5.26 Å². The Morgan fingerprint density at radius 2 is 2.04 bits per heavy atom. The van der Waals surface area contributed by atoms with Crippen molar-refractivity contribution in [3.8, 4) is 11.8 Å². The number of aromatic nitrogens is 1. The number of rotatable bonds is 3. The van der Waals surface area contributed by atoms with Gasteiger partial charge in [0.05, 0.1) is 24.3 Å². The molecule has 0 fully saturated rings. The number of nitrogens with zero attached hydrogens (tertiary/aromatic N) is 2. The van der Waals surface area contributed by atoms with Crippen LogP contribution in [0.15, 0.2) is 59.0 Å². The van der Waals surface area contributed by atoms with Gasteiger partial charge in [0.1, 0.15) is 5.75 Å². The minimum atomic E-state index is -0.403. The summed E-state index contributed by atoms with van der Waals surface area (Å²) in [6.07, 6.45) is 0. The molecule has 26 heavy (non-hydrogen) atoms. The summed E-state index contributed by atoms with van der Waals surface area (Å²) in [5.41, 5.74) is 2.13. The summed E-state index contributed by atoms with van der Waals surface area (Å²) in [6.45, 7) is 0. The fourth-order valence-corrected chi connectivity index (χ4v) is 2.71. The molecule has 2 aromatic carbocycles. The lowest BCUT2D eigenvalue weighted by molar-refractivity contribution is 0.0998. The van der Waals surface area contributed by atoms with E-state index in [1.807, 2.05) is 30.3 Å². The van der Waals surface area contributed by atoms with E-state index in [2.05, 4.69) is 10.3 Å². The normalized spacial score (nSPS) is 10.6. The van der Waals surface area contributed by atoms with Gasteiger partial charge in [0.2, 0.25) is 5.71 Å². The minimum Gasteiger partial charge on any atom is -0.497 e. The molecule has 0 saturated carbocycles. The highest BCUT2D eigenvalue weighted by atomic mass is 16.5. The number of furan rings is 1. The molecule has 2 aromatic heterocycles. The van der Waals surface area contributed by atoms with Crippen LogP contribution in [-0.4, -0.2) is 18.0 Å². The maximum absolute atomic E-state index is 12.4. The first-order valence-corrected chi connectivity index (χ1v) is 7.86. The minimum absolute atomic E-state index is 0.150. The van der Waals surface area contributed by atoms with Gasteiger partial charge in [0.25, 0.3) is 5.91 Å². The van der Waals surface area contributed by atoms with E-state index >= 15 is 0 Å². The first kappa shape index (κ1) is 15.7. The van der Waals surface area contributed by atoms with Gasteiger partial charge in [-0.25, -0.2) is 4.98 Å². The number of nitriles is 1. The monoisotopic (exact) mass is 343 g/mol. The van der Waals surface area contributed by atoms with E-state index in [0.29, 0.717) is 17.0 Å². The molecule has 0 bridgehead atoms. The number of nitrogens with one attached hydrogen (secondary N) is 1. The van der Waals surface area contributed by atoms with Crippen LogP contribution in [0.2, 0.25) is 0 Å². The summed E-state index contributed by atoms with van der Waals surface area (Å²) in [4.78, 5) is 16.9. The van der Waals surface area contributed by atoms with Crippen molar-refractivity contribution >= 4 is 33.6 Å². The molecule has 0 spiro atoms. The Balaban J connectivity index is 1.68. The molecule has 1 N–H and O–H groups in total. The van der Waals surface area contributed by atoms with Crippen LogP contribution in [0.3, 0.4) is 0 Å². The molecule has 0 aliphatic heterocycles. The molecule has 6 heteroatoms. The predicted octanol–water partition coefficient (Wildman–Crippen LogP) is 4.11. The van der Waals surface area contributed by atoms with E-state index in [-0.39, 0.29) is 5.76 Å². The third-order valence-electron chi connectivity index (χ3n) is 3.98. The third-order valence-corrected chi connectivity index (χ3v) is 3.98. The Labute approximate surface area is 148 Å². The van der Waals surface area contributed by atoms with Gasteiger partial charge in [-0.3, -0.25) is 4.79 Å². The van der Waals surface area contributed by atoms with E-state index in [1.54, 1.807) is 37.4 Å². The molecule has 0 saturated heterocycles. The number of anilines is 1. The quantitative estimate of drug-likeness (QED) is 0.605. The lowest BCUT2D eigenvalue weighted by Gasteiger charge is -2.02. The van der Waals surface area contributed by atoms with Crippen molar-refractivity contribution in [2.24, 2.45) is 0 Å². The Morgan fingerprint density at radius 1 is 1.15 bits per heavy atom. The van der Waals surface area contributed by atoms with Gasteiger partial charge >= 0.3 is 0 Å². The summed E-state index contributed by atoms with van der Waals surface area (Å²) in [5.74, 6) is 0.481. The second-order valence-electron chi connectivity index (χ2n) is 5.70. The highest BCUT2D eigenvalue weighted by molar-refractivity contribution is 6.05. The number of carbonyl (C=O) groups excluding carboxylic acids is 1. The summed E-state index contributed by atoms with van der Waals surface area (Å²) >= 11 is 0. The fraction of sp³-hybridized carbons (Fsp3) is 0.0500. The van der Waals surface area contributed by atoms with Gasteiger partial charge in [-0.1, -0.05) is 6.07 Å². The summed E-state index contributed by atoms with van der Waals surface area (Å²) in [5, 5.41) is 13.3. The second-order valence-corrected chi connectivity index (χ2v) is 5.70. The largest absolute Gasteiger partial charge is 0.497 e. The van der Waals surface area contributed by atoms with Crippen LogP contribution in [0.4, 0.5) is 5.69 Å². The standard InChI is InChI=1S/C20H13N3O3/c1-25-16-5-6-17-13(9-16)8-14-10-18(26-20(14)23-17)19(24)22-15-4-2-3-12(7-15)11-21/h2-10H,1H3,(H,22,24). The average Bonchev–Trinajstić information content (AvgIpc) is 3.08. The Morgan fingerprint density at radius 3 is 2.85 bits per heavy atom. The molecule has 0 unspecified atom stereocenters. The molecule has 4 rings (SSSR count). The molecule has 0 radical (unpaired) electrons. The number of amides is 1. The zero-order chi connectivity index (χ0) is 18.1. The molecule has 6 nitrogen and oxygen atoms in total. The number of fused-ring (bicyclic) bond motifs is 2. The third kappa shape index (κ3) is 2.82. The predicted molar refractivity (Wildman–Crippen MR) is 97.2 cm³/mol. The van der Waals surface area contributed by atoms with Gasteiger partial charge in [-0.2, -0.15) is 5.26 Å². The molecular formula is C20H13N3O3. The average molecular weight is 343 g/mol. The maximum Gasteiger partial charge on any atom is 0.291 e. The van der Waals surface area contributed by atoms with E-state index in [1.165, 1.54) is 0 Å². The smallest absolute Gasteiger partial charge is 0.291 e. The highest BCUT2D eigenvalue weighted by Crippen LogP contribution is 2.26. The van der Waals surface area contributed by atoms with Crippen molar-refractivity contribution < 1.29 is 13.9 Å². The van der Waals surface area contributed by atoms with Gasteiger partial charge in [-0.05, 0) is 48.5 Å². The SMILES string of the molecule is COc1ccc2nc3oc(C(=O)Nc4cccc(C#N)c4)cc3cc2c1. The van der Waals surface area contributed by atoms with Gasteiger partial charge < -0.3 is 14.5 Å². The Kier molecular flexibility index (Phi) is 3.75. The number of pyridine rings is 1. The molecular weight excluding hydrogens is 330 g/mol. The number of methoxy groups -OCH3 is 1. The zero-order valence-corrected chi connectivity index (χ0v) is 13.8. The van der Waals surface area contributed by atoms with Crippen LogP contribution in [0.25, 0.3) is 22.0 Å². The van der Waals surface area contributed by atoms with Gasteiger partial charge in [0.15, 0.2) is 5.76 Å². The number of carbonyl (C=O) groups is 1. The highest BCUT2D eigenvalue weighted by Gasteiger charge is 2.14. The number of ether oxygens (including phenoxy) is 1. The molecule has 0 aliphatic rings. The summed E-state index contributed by atoms with van der Waals surface area (Å²) in [6, 6.07) is 17.8. The Bertz CT molecular complexity index is 1190. The lowest BCUT2D eigenvalue weighted by Crippen LogP contribution is -2.10. The summed E-state index contributed by atoms with van der Waals surface area (Å²) < 4.78 is 10.8. The number of hydrogen-bond donors (Lipinski definition) is 1. The van der Waals surface area contributed by atoms with Crippen LogP contribution in [0.5, 0.6) is 5.75 Å². The topological polar surface area (TPSA) is 88.2 Å². The van der Waals surface area contributed by atoms with Crippen LogP contribution in [0.1, 0.15) is 16.1 Å². The lowest BCUT2D eigenvalue weighted by atomic mass is 10.2. The maximum atomic E-state index is 12.4. The van der Waals surface area contributed by atoms with Crippen LogP contribution in [-0.2, 0) is 0 Å². The first-order valence-electron chi connectivity index (χ1n) is 7.86. The van der Waals surface area contributed by atoms with E-state index in [4.69, 9.17) is 14.4 Å². The zero-order valence-electron chi connectivity index (χ0n) is 13.8. The van der Waals surface area contributed by atoms with E-state index in [9.17, 15) is 4.79 Å². The van der Waals surface area contributed by atoms with E-state index in [0.717, 1.165) is 22.0 Å². The number of benzene rings is 2. The van der Waals surface area contributed by atoms with Crippen LogP contribution < -0.4 is 10.1 Å². The van der Waals surface area contributed by atoms with Crippen LogP contribution >= 0.6 is 0 Å². The molecule has 0 aliphatic carbocycles. The molecule has 0 atom stereocenters. The second kappa shape index (κ2) is 6.22. The Hall–Kier alpha value is -3.85. The van der Waals surface area contributed by atoms with Crippen molar-refractivity contribution in [1.82, 2.24) is 4.98 Å². The van der Waals surface area contributed by atoms with Crippen molar-refractivity contribution in [3.63, 3.8) is 0 Å². The molecule has 4 aromatic rings. The summed E-state index contributed by atoms with van der Waals surface area (Å²) in [7, 11) is 1.61. The molecule has 1 amide bonds. The fourth-order valence-electron chi connectivity index (χ4n) is 2.71. The number of hydrogen-bond acceptors (Lipinski definition) is 5. The molecule has 126 valence electrons. The molecule has 2 heterocycles. The van der Waals surface area contributed by atoms with E-state index < -0.39 is 5.91 Å². The van der Waals surface area contributed by atoms with Crippen molar-refractivity contribution in [3.05, 3.63) is 65.9 Å². The van der Waals surface area contributed by atoms with Crippen molar-refractivity contribution in [2.75, 3.05) is 12.4 Å². The van der Waals surface area contributed by atoms with Gasteiger partial charge in [0, 0.05) is 16.5 Å².